The minimum Gasteiger partial charge on any atom is -0.322 e. The van der Waals surface area contributed by atoms with Gasteiger partial charge in [-0.3, -0.25) is 9.78 Å². The maximum atomic E-state index is 14.2. The molecule has 2 aromatic carbocycles. The first-order chi connectivity index (χ1) is 14.6. The van der Waals surface area contributed by atoms with Crippen LogP contribution in [0.5, 0.6) is 0 Å². The van der Waals surface area contributed by atoms with E-state index in [1.54, 1.807) is 24.3 Å². The highest BCUT2D eigenvalue weighted by atomic mass is 35.5. The summed E-state index contributed by atoms with van der Waals surface area (Å²) in [6, 6.07) is 10.1. The van der Waals surface area contributed by atoms with Crippen molar-refractivity contribution in [3.63, 3.8) is 0 Å². The number of aryl methyl sites for hydroxylation is 1. The largest absolute Gasteiger partial charge is 0.417 e. The molecule has 3 rings (SSSR count). The Hall–Kier alpha value is -2.98. The van der Waals surface area contributed by atoms with Gasteiger partial charge < -0.3 is 5.32 Å². The van der Waals surface area contributed by atoms with Crippen molar-refractivity contribution < 1.29 is 26.6 Å². The molecule has 1 aromatic heterocycles. The number of carbonyl (C=O) groups excluding carboxylic acids is 1. The zero-order valence-electron chi connectivity index (χ0n) is 15.8. The number of alkyl halides is 3. The number of hydrogen-bond acceptors (Lipinski definition) is 3. The summed E-state index contributed by atoms with van der Waals surface area (Å²) in [5.74, 6) is -1.88. The van der Waals surface area contributed by atoms with E-state index in [0.29, 0.717) is 16.8 Å². The summed E-state index contributed by atoms with van der Waals surface area (Å²) in [6.45, 7) is 1.27. The van der Waals surface area contributed by atoms with Crippen molar-refractivity contribution in [2.75, 3.05) is 10.0 Å². The highest BCUT2D eigenvalue weighted by Crippen LogP contribution is 2.33. The lowest BCUT2D eigenvalue weighted by Crippen LogP contribution is -2.21. The normalized spacial score (nSPS) is 12.3. The van der Waals surface area contributed by atoms with Crippen LogP contribution in [0.25, 0.3) is 0 Å². The van der Waals surface area contributed by atoms with Crippen molar-refractivity contribution in [3.05, 3.63) is 82.4 Å². The molecule has 1 atom stereocenters. The Bertz CT molecular complexity index is 1150. The van der Waals surface area contributed by atoms with Crippen LogP contribution in [0.3, 0.4) is 0 Å². The molecule has 0 aliphatic heterocycles. The maximum absolute atomic E-state index is 14.2. The summed E-state index contributed by atoms with van der Waals surface area (Å²) >= 11 is 5.78. The van der Waals surface area contributed by atoms with E-state index in [-0.39, 0.29) is 16.3 Å². The Morgan fingerprint density at radius 2 is 1.71 bits per heavy atom. The van der Waals surface area contributed by atoms with Crippen LogP contribution in [0.15, 0.2) is 59.6 Å². The minimum atomic E-state index is -4.76. The molecule has 5 nitrogen and oxygen atoms in total. The number of nitrogens with one attached hydrogen (secondary N) is 2. The Balaban J connectivity index is 1.86. The number of anilines is 2. The van der Waals surface area contributed by atoms with Crippen LogP contribution in [0, 0.1) is 12.7 Å². The van der Waals surface area contributed by atoms with Gasteiger partial charge in [0.1, 0.15) is 0 Å². The van der Waals surface area contributed by atoms with Crippen LogP contribution >= 0.6 is 11.6 Å². The molecule has 0 radical (unpaired) electrons. The van der Waals surface area contributed by atoms with Gasteiger partial charge in [0.2, 0.25) is 4.90 Å². The van der Waals surface area contributed by atoms with E-state index in [1.807, 2.05) is 0 Å². The van der Waals surface area contributed by atoms with Gasteiger partial charge in [0, 0.05) is 23.0 Å². The van der Waals surface area contributed by atoms with E-state index in [4.69, 9.17) is 11.6 Å². The molecule has 1 amide bonds. The van der Waals surface area contributed by atoms with E-state index in [9.17, 15) is 26.6 Å². The number of benzene rings is 2. The van der Waals surface area contributed by atoms with Gasteiger partial charge in [-0.25, -0.2) is 9.11 Å². The molecule has 162 valence electrons. The van der Waals surface area contributed by atoms with E-state index in [1.165, 1.54) is 6.92 Å². The number of amides is 1. The van der Waals surface area contributed by atoms with E-state index in [0.717, 1.165) is 24.4 Å². The van der Waals surface area contributed by atoms with Gasteiger partial charge >= 0.3 is 6.18 Å². The summed E-state index contributed by atoms with van der Waals surface area (Å²) in [6.07, 6.45) is -3.81. The smallest absolute Gasteiger partial charge is 0.322 e. The molecule has 0 fully saturated rings. The number of rotatable bonds is 5. The molecule has 0 spiro atoms. The van der Waals surface area contributed by atoms with Crippen LogP contribution in [0.2, 0.25) is 5.02 Å². The molecular formula is C20H15ClF4N3O2S+. The number of thiol groups is 1. The number of hydrogen-bond donors (Lipinski definition) is 2. The molecule has 11 heteroatoms. The summed E-state index contributed by atoms with van der Waals surface area (Å²) in [7, 11) is -2.47. The van der Waals surface area contributed by atoms with Crippen molar-refractivity contribution in [1.29, 1.82) is 0 Å². The van der Waals surface area contributed by atoms with Gasteiger partial charge in [-0.15, -0.1) is 0 Å². The first-order valence-electron chi connectivity index (χ1n) is 8.69. The standard InChI is InChI=1S/C20H14ClF4N3O2S/c1-11-18(15(8-9-26-11)20(23,24)25)19(29)27-14-6-7-16(22)17(10-14)31(30)28-13-4-2-12(21)3-5-13/h2-10H,1H3,(H,27,29)(H,28,30)/p+1. The summed E-state index contributed by atoms with van der Waals surface area (Å²) in [5.41, 5.74) is -1.52. The van der Waals surface area contributed by atoms with Crippen LogP contribution in [0.4, 0.5) is 28.9 Å². The van der Waals surface area contributed by atoms with E-state index < -0.39 is 40.0 Å². The zero-order chi connectivity index (χ0) is 22.8. The molecule has 0 aliphatic rings. The fraction of sp³-hybridized carbons (Fsp3) is 0.100. The van der Waals surface area contributed by atoms with Crippen LogP contribution in [0.1, 0.15) is 21.6 Å². The highest BCUT2D eigenvalue weighted by Gasteiger charge is 2.36. The molecule has 0 bridgehead atoms. The molecule has 0 aliphatic carbocycles. The van der Waals surface area contributed by atoms with Gasteiger partial charge in [0.25, 0.3) is 5.91 Å². The van der Waals surface area contributed by atoms with Crippen LogP contribution in [-0.4, -0.2) is 10.9 Å². The van der Waals surface area contributed by atoms with Crippen molar-refractivity contribution in [1.82, 2.24) is 4.98 Å². The summed E-state index contributed by atoms with van der Waals surface area (Å²) < 4.78 is 69.2. The number of carbonyl (C=O) groups is 1. The fourth-order valence-corrected chi connectivity index (χ4v) is 3.89. The second-order valence-corrected chi connectivity index (χ2v) is 8.08. The highest BCUT2D eigenvalue weighted by molar-refractivity contribution is 7.86. The van der Waals surface area contributed by atoms with E-state index in [2.05, 4.69) is 15.0 Å². The second kappa shape index (κ2) is 9.03. The summed E-state index contributed by atoms with van der Waals surface area (Å²) in [4.78, 5) is 16.0. The number of nitrogens with zero attached hydrogens (tertiary/aromatic N) is 1. The third-order valence-electron chi connectivity index (χ3n) is 4.17. The third kappa shape index (κ3) is 5.39. The minimum absolute atomic E-state index is 0.0287. The second-order valence-electron chi connectivity index (χ2n) is 6.35. The third-order valence-corrected chi connectivity index (χ3v) is 5.66. The molecule has 3 aromatic rings. The topological polar surface area (TPSA) is 71.1 Å². The number of aromatic nitrogens is 1. The van der Waals surface area contributed by atoms with Gasteiger partial charge in [-0.2, -0.15) is 13.2 Å². The Kier molecular flexibility index (Phi) is 6.61. The molecule has 1 unspecified atom stereocenters. The number of pyridine rings is 1. The molecule has 1 heterocycles. The van der Waals surface area contributed by atoms with Gasteiger partial charge in [-0.05, 0) is 49.4 Å². The Morgan fingerprint density at radius 1 is 1.06 bits per heavy atom. The Labute approximate surface area is 182 Å². The SMILES string of the molecule is Cc1nccc(C(F)(F)F)c1C(=O)Nc1ccc(F)c([SH+](=O)Nc2ccc(Cl)cc2)c1. The van der Waals surface area contributed by atoms with Crippen molar-refractivity contribution in [2.45, 2.75) is 18.0 Å². The molecule has 0 saturated heterocycles. The lowest BCUT2D eigenvalue weighted by Gasteiger charge is -2.14. The van der Waals surface area contributed by atoms with Crippen LogP contribution in [-0.2, 0) is 21.4 Å². The molecular weight excluding hydrogens is 458 g/mol. The van der Waals surface area contributed by atoms with Crippen molar-refractivity contribution >= 4 is 39.9 Å². The van der Waals surface area contributed by atoms with Crippen molar-refractivity contribution in [3.8, 4) is 0 Å². The van der Waals surface area contributed by atoms with Crippen LogP contribution < -0.4 is 10.0 Å². The monoisotopic (exact) mass is 472 g/mol. The van der Waals surface area contributed by atoms with Crippen molar-refractivity contribution in [2.24, 2.45) is 0 Å². The first-order valence-corrected chi connectivity index (χ1v) is 10.3. The molecule has 0 saturated carbocycles. The molecule has 2 N–H and O–H groups in total. The quantitative estimate of drug-likeness (QED) is 0.291. The number of halogens is 5. The van der Waals surface area contributed by atoms with Gasteiger partial charge in [-0.1, -0.05) is 15.8 Å². The average Bonchev–Trinajstić information content (AvgIpc) is 2.70. The first kappa shape index (κ1) is 22.7. The van der Waals surface area contributed by atoms with E-state index >= 15 is 0 Å². The maximum Gasteiger partial charge on any atom is 0.417 e. The zero-order valence-corrected chi connectivity index (χ0v) is 17.4. The summed E-state index contributed by atoms with van der Waals surface area (Å²) in [5, 5.41) is 2.74. The van der Waals surface area contributed by atoms with Gasteiger partial charge in [0.05, 0.1) is 22.5 Å². The predicted octanol–water partition coefficient (Wildman–Crippen LogP) is 5.54. The van der Waals surface area contributed by atoms with Gasteiger partial charge in [0.15, 0.2) is 16.8 Å². The molecule has 31 heavy (non-hydrogen) atoms. The average molecular weight is 473 g/mol. The Morgan fingerprint density at radius 3 is 2.35 bits per heavy atom. The predicted molar refractivity (Wildman–Crippen MR) is 111 cm³/mol. The lowest BCUT2D eigenvalue weighted by molar-refractivity contribution is -0.138. The fourth-order valence-electron chi connectivity index (χ4n) is 2.73. The lowest BCUT2D eigenvalue weighted by atomic mass is 10.1.